The van der Waals surface area contributed by atoms with E-state index in [0.717, 1.165) is 22.0 Å². The molecular formula is C15H23N3O2S. The number of carbonyl (C=O) groups excluding carboxylic acids is 2. The van der Waals surface area contributed by atoms with E-state index in [0.29, 0.717) is 19.4 Å². The summed E-state index contributed by atoms with van der Waals surface area (Å²) in [4.78, 5) is 32.2. The lowest BCUT2D eigenvalue weighted by Crippen LogP contribution is -2.62. The Hall–Kier alpha value is -1.43. The summed E-state index contributed by atoms with van der Waals surface area (Å²) in [7, 11) is 0. The molecule has 1 aromatic heterocycles. The van der Waals surface area contributed by atoms with Crippen molar-refractivity contribution >= 4 is 23.2 Å². The van der Waals surface area contributed by atoms with Gasteiger partial charge < -0.3 is 10.2 Å². The smallest absolute Gasteiger partial charge is 0.246 e. The summed E-state index contributed by atoms with van der Waals surface area (Å²) in [6.07, 6.45) is 2.18. The highest BCUT2D eigenvalue weighted by Crippen LogP contribution is 2.23. The van der Waals surface area contributed by atoms with Crippen LogP contribution in [0, 0.1) is 13.8 Å². The summed E-state index contributed by atoms with van der Waals surface area (Å²) in [5.74, 6) is -0.0191. The predicted molar refractivity (Wildman–Crippen MR) is 83.1 cm³/mol. The third-order valence-electron chi connectivity index (χ3n) is 3.92. The van der Waals surface area contributed by atoms with Gasteiger partial charge in [-0.25, -0.2) is 4.98 Å². The van der Waals surface area contributed by atoms with Crippen molar-refractivity contribution in [3.8, 4) is 0 Å². The lowest BCUT2D eigenvalue weighted by molar-refractivity contribution is -0.150. The van der Waals surface area contributed by atoms with Gasteiger partial charge in [0.05, 0.1) is 12.2 Å². The van der Waals surface area contributed by atoms with Crippen molar-refractivity contribution < 1.29 is 9.59 Å². The second kappa shape index (κ2) is 6.56. The minimum atomic E-state index is -0.382. The number of amides is 2. The van der Waals surface area contributed by atoms with Gasteiger partial charge in [0.1, 0.15) is 17.1 Å². The highest BCUT2D eigenvalue weighted by Gasteiger charge is 2.39. The molecule has 1 saturated heterocycles. The first-order valence-electron chi connectivity index (χ1n) is 7.51. The zero-order chi connectivity index (χ0) is 15.6. The topological polar surface area (TPSA) is 62.3 Å². The lowest BCUT2D eigenvalue weighted by atomic mass is 10.0. The number of hydrogen-bond acceptors (Lipinski definition) is 4. The number of rotatable bonds is 5. The van der Waals surface area contributed by atoms with Crippen LogP contribution in [0.5, 0.6) is 0 Å². The average molecular weight is 309 g/mol. The Labute approximate surface area is 129 Å². The van der Waals surface area contributed by atoms with E-state index in [4.69, 9.17) is 0 Å². The van der Waals surface area contributed by atoms with Crippen LogP contribution < -0.4 is 5.32 Å². The van der Waals surface area contributed by atoms with Gasteiger partial charge in [-0.15, -0.1) is 11.3 Å². The molecule has 0 bridgehead atoms. The fraction of sp³-hybridized carbons (Fsp3) is 0.667. The van der Waals surface area contributed by atoms with Gasteiger partial charge in [0, 0.05) is 4.88 Å². The largest absolute Gasteiger partial charge is 0.343 e. The SMILES string of the molecule is CCCC1NC(=O)C(CC)N(Cc2nc(C)c(C)s2)C1=O. The van der Waals surface area contributed by atoms with Crippen molar-refractivity contribution in [2.75, 3.05) is 0 Å². The van der Waals surface area contributed by atoms with E-state index >= 15 is 0 Å². The molecule has 0 radical (unpaired) electrons. The highest BCUT2D eigenvalue weighted by atomic mass is 32.1. The van der Waals surface area contributed by atoms with Crippen molar-refractivity contribution in [2.45, 2.75) is 65.6 Å². The number of hydrogen-bond donors (Lipinski definition) is 1. The number of nitrogens with zero attached hydrogens (tertiary/aromatic N) is 2. The molecular weight excluding hydrogens is 286 g/mol. The zero-order valence-electron chi connectivity index (χ0n) is 13.1. The number of carbonyl (C=O) groups is 2. The molecule has 0 spiro atoms. The van der Waals surface area contributed by atoms with Gasteiger partial charge >= 0.3 is 0 Å². The van der Waals surface area contributed by atoms with Crippen molar-refractivity contribution in [1.29, 1.82) is 0 Å². The predicted octanol–water partition coefficient (Wildman–Crippen LogP) is 2.17. The molecule has 0 aromatic carbocycles. The summed E-state index contributed by atoms with van der Waals surface area (Å²) < 4.78 is 0. The maximum Gasteiger partial charge on any atom is 0.246 e. The Kier molecular flexibility index (Phi) is 4.98. The molecule has 1 N–H and O–H groups in total. The van der Waals surface area contributed by atoms with Crippen LogP contribution in [-0.4, -0.2) is 33.8 Å². The van der Waals surface area contributed by atoms with Crippen molar-refractivity contribution in [2.24, 2.45) is 0 Å². The maximum atomic E-state index is 12.6. The fourth-order valence-corrected chi connectivity index (χ4v) is 3.59. The Bertz CT molecular complexity index is 522. The van der Waals surface area contributed by atoms with E-state index in [1.54, 1.807) is 16.2 Å². The van der Waals surface area contributed by atoms with E-state index in [1.165, 1.54) is 0 Å². The minimum Gasteiger partial charge on any atom is -0.343 e. The highest BCUT2D eigenvalue weighted by molar-refractivity contribution is 7.11. The van der Waals surface area contributed by atoms with Crippen LogP contribution in [0.4, 0.5) is 0 Å². The summed E-state index contributed by atoms with van der Waals surface area (Å²) in [6, 6.07) is -0.762. The van der Waals surface area contributed by atoms with Gasteiger partial charge in [0.25, 0.3) is 0 Å². The maximum absolute atomic E-state index is 12.6. The number of thiazole rings is 1. The molecule has 2 rings (SSSR count). The molecule has 0 aliphatic carbocycles. The molecule has 1 aliphatic heterocycles. The third kappa shape index (κ3) is 3.26. The molecule has 1 aliphatic rings. The summed E-state index contributed by atoms with van der Waals surface area (Å²) in [5, 5.41) is 3.76. The molecule has 1 aromatic rings. The van der Waals surface area contributed by atoms with Crippen LogP contribution in [0.25, 0.3) is 0 Å². The number of aromatic nitrogens is 1. The molecule has 21 heavy (non-hydrogen) atoms. The Morgan fingerprint density at radius 3 is 2.52 bits per heavy atom. The molecule has 116 valence electrons. The van der Waals surface area contributed by atoms with Gasteiger partial charge in [0.2, 0.25) is 11.8 Å². The van der Waals surface area contributed by atoms with E-state index in [1.807, 2.05) is 27.7 Å². The first kappa shape index (κ1) is 15.9. The van der Waals surface area contributed by atoms with Gasteiger partial charge in [-0.05, 0) is 26.7 Å². The van der Waals surface area contributed by atoms with Crippen molar-refractivity contribution in [3.05, 3.63) is 15.6 Å². The second-order valence-corrected chi connectivity index (χ2v) is 6.78. The standard InChI is InChI=1S/C15H23N3O2S/c1-5-7-11-15(20)18(12(6-2)14(19)17-11)8-13-16-9(3)10(4)21-13/h11-12H,5-8H2,1-4H3,(H,17,19). The average Bonchev–Trinajstić information content (AvgIpc) is 2.74. The molecule has 2 atom stereocenters. The van der Waals surface area contributed by atoms with Gasteiger partial charge in [0.15, 0.2) is 0 Å². The van der Waals surface area contributed by atoms with Crippen LogP contribution in [0.15, 0.2) is 0 Å². The van der Waals surface area contributed by atoms with Gasteiger partial charge in [-0.1, -0.05) is 20.3 Å². The molecule has 2 amide bonds. The van der Waals surface area contributed by atoms with Crippen LogP contribution in [0.2, 0.25) is 0 Å². The molecule has 0 saturated carbocycles. The fourth-order valence-electron chi connectivity index (χ4n) is 2.66. The van der Waals surface area contributed by atoms with Crippen LogP contribution in [0.3, 0.4) is 0 Å². The Morgan fingerprint density at radius 1 is 1.29 bits per heavy atom. The zero-order valence-corrected chi connectivity index (χ0v) is 13.9. The number of nitrogens with one attached hydrogen (secondary N) is 1. The van der Waals surface area contributed by atoms with Crippen molar-refractivity contribution in [1.82, 2.24) is 15.2 Å². The normalized spacial score (nSPS) is 22.6. The summed E-state index contributed by atoms with van der Waals surface area (Å²) in [6.45, 7) is 8.38. The van der Waals surface area contributed by atoms with E-state index in [-0.39, 0.29) is 23.9 Å². The Morgan fingerprint density at radius 2 is 2.00 bits per heavy atom. The second-order valence-electron chi connectivity index (χ2n) is 5.49. The van der Waals surface area contributed by atoms with E-state index in [9.17, 15) is 9.59 Å². The van der Waals surface area contributed by atoms with Crippen LogP contribution in [0.1, 0.15) is 48.7 Å². The molecule has 2 unspecified atom stereocenters. The Balaban J connectivity index is 2.22. The number of piperazine rings is 1. The number of aryl methyl sites for hydroxylation is 2. The van der Waals surface area contributed by atoms with Crippen LogP contribution in [-0.2, 0) is 16.1 Å². The van der Waals surface area contributed by atoms with E-state index < -0.39 is 0 Å². The molecule has 1 fully saturated rings. The summed E-state index contributed by atoms with van der Waals surface area (Å²) >= 11 is 1.60. The van der Waals surface area contributed by atoms with Gasteiger partial charge in [-0.3, -0.25) is 9.59 Å². The van der Waals surface area contributed by atoms with Gasteiger partial charge in [-0.2, -0.15) is 0 Å². The quantitative estimate of drug-likeness (QED) is 0.906. The van der Waals surface area contributed by atoms with Crippen molar-refractivity contribution in [3.63, 3.8) is 0 Å². The molecule has 2 heterocycles. The van der Waals surface area contributed by atoms with E-state index in [2.05, 4.69) is 10.3 Å². The minimum absolute atomic E-state index is 0.0220. The first-order valence-corrected chi connectivity index (χ1v) is 8.33. The first-order chi connectivity index (χ1) is 9.97. The molecule has 5 nitrogen and oxygen atoms in total. The third-order valence-corrected chi connectivity index (χ3v) is 4.98. The summed E-state index contributed by atoms with van der Waals surface area (Å²) in [5.41, 5.74) is 1.00. The van der Waals surface area contributed by atoms with Crippen LogP contribution >= 0.6 is 11.3 Å². The lowest BCUT2D eigenvalue weighted by Gasteiger charge is -2.38. The molecule has 6 heteroatoms. The monoisotopic (exact) mass is 309 g/mol.